The van der Waals surface area contributed by atoms with E-state index in [-0.39, 0.29) is 37.7 Å². The van der Waals surface area contributed by atoms with Crippen LogP contribution < -0.4 is 16.0 Å². The molecular formula is C15H19N5O6. The van der Waals surface area contributed by atoms with Crippen LogP contribution in [0.5, 0.6) is 5.75 Å². The van der Waals surface area contributed by atoms with Crippen LogP contribution in [-0.4, -0.2) is 65.2 Å². The number of carbonyl (C=O) groups is 3. The first-order valence-corrected chi connectivity index (χ1v) is 7.87. The number of nitrogens with one attached hydrogen (secondary N) is 1. The third-order valence-electron chi connectivity index (χ3n) is 3.88. The second kappa shape index (κ2) is 8.76. The Kier molecular flexibility index (Phi) is 6.44. The first-order valence-electron chi connectivity index (χ1n) is 7.87. The maximum atomic E-state index is 12.2. The number of nitrogens with zero attached hydrogens (tertiary/aromatic N) is 3. The summed E-state index contributed by atoms with van der Waals surface area (Å²) in [4.78, 5) is 48.0. The molecule has 3 amide bonds. The minimum atomic E-state index is -0.888. The molecule has 1 aromatic carbocycles. The van der Waals surface area contributed by atoms with Crippen LogP contribution in [0, 0.1) is 10.1 Å². The van der Waals surface area contributed by atoms with E-state index >= 15 is 0 Å². The lowest BCUT2D eigenvalue weighted by Gasteiger charge is -2.34. The Bertz CT molecular complexity index is 684. The number of carbonyl (C=O) groups excluding carboxylic acids is 3. The van der Waals surface area contributed by atoms with E-state index in [1.807, 2.05) is 0 Å². The molecule has 1 aromatic rings. The number of amides is 3. The van der Waals surface area contributed by atoms with E-state index in [0.717, 1.165) is 0 Å². The van der Waals surface area contributed by atoms with Gasteiger partial charge in [0.15, 0.2) is 0 Å². The zero-order valence-corrected chi connectivity index (χ0v) is 13.9. The Morgan fingerprint density at radius 3 is 2.23 bits per heavy atom. The number of nitro benzene ring substituents is 1. The van der Waals surface area contributed by atoms with Crippen LogP contribution >= 0.6 is 0 Å². The molecule has 11 nitrogen and oxygen atoms in total. The molecule has 1 aliphatic rings. The van der Waals surface area contributed by atoms with Crippen molar-refractivity contribution in [2.45, 2.75) is 6.42 Å². The quantitative estimate of drug-likeness (QED) is 0.224. The molecule has 0 atom stereocenters. The lowest BCUT2D eigenvalue weighted by atomic mass is 10.2. The third kappa shape index (κ3) is 4.89. The Morgan fingerprint density at radius 1 is 1.12 bits per heavy atom. The van der Waals surface area contributed by atoms with Crippen molar-refractivity contribution < 1.29 is 24.0 Å². The fraction of sp³-hybridized carbons (Fsp3) is 0.400. The molecule has 2 rings (SSSR count). The number of ether oxygens (including phenoxy) is 1. The molecule has 1 saturated heterocycles. The zero-order valence-electron chi connectivity index (χ0n) is 13.9. The van der Waals surface area contributed by atoms with Gasteiger partial charge in [-0.05, 0) is 12.1 Å². The van der Waals surface area contributed by atoms with E-state index in [4.69, 9.17) is 10.6 Å². The van der Waals surface area contributed by atoms with Gasteiger partial charge >= 0.3 is 11.8 Å². The summed E-state index contributed by atoms with van der Waals surface area (Å²) in [6.07, 6.45) is 0.133. The van der Waals surface area contributed by atoms with Crippen molar-refractivity contribution in [1.29, 1.82) is 0 Å². The fourth-order valence-corrected chi connectivity index (χ4v) is 2.44. The molecule has 0 aromatic heterocycles. The monoisotopic (exact) mass is 365 g/mol. The van der Waals surface area contributed by atoms with Gasteiger partial charge in [-0.3, -0.25) is 29.9 Å². The Morgan fingerprint density at radius 2 is 1.69 bits per heavy atom. The summed E-state index contributed by atoms with van der Waals surface area (Å²) in [5.41, 5.74) is 1.75. The van der Waals surface area contributed by atoms with E-state index in [0.29, 0.717) is 18.8 Å². The van der Waals surface area contributed by atoms with E-state index in [1.54, 1.807) is 10.3 Å². The van der Waals surface area contributed by atoms with Crippen molar-refractivity contribution in [2.75, 3.05) is 32.8 Å². The summed E-state index contributed by atoms with van der Waals surface area (Å²) < 4.78 is 5.41. The molecule has 0 unspecified atom stereocenters. The molecule has 3 N–H and O–H groups in total. The van der Waals surface area contributed by atoms with Crippen LogP contribution in [0.3, 0.4) is 0 Å². The molecule has 1 fully saturated rings. The second-order valence-electron chi connectivity index (χ2n) is 5.50. The molecular weight excluding hydrogens is 346 g/mol. The molecule has 0 radical (unpaired) electrons. The standard InChI is InChI=1S/C15H19N5O6/c16-17-14(22)15(23)19-8-6-18(7-9-19)13(21)5-10-26-12-3-1-11(2-4-12)20(24)25/h1-4H,5-10,16H2,(H,17,22). The lowest BCUT2D eigenvalue weighted by Crippen LogP contribution is -2.54. The van der Waals surface area contributed by atoms with Gasteiger partial charge in [-0.2, -0.15) is 0 Å². The van der Waals surface area contributed by atoms with Gasteiger partial charge in [-0.15, -0.1) is 0 Å². The molecule has 1 aliphatic heterocycles. The molecule has 1 heterocycles. The van der Waals surface area contributed by atoms with Crippen LogP contribution in [0.1, 0.15) is 6.42 Å². The van der Waals surface area contributed by atoms with Gasteiger partial charge in [0, 0.05) is 38.3 Å². The highest BCUT2D eigenvalue weighted by Gasteiger charge is 2.27. The number of non-ortho nitro benzene ring substituents is 1. The van der Waals surface area contributed by atoms with Gasteiger partial charge in [-0.25, -0.2) is 5.84 Å². The van der Waals surface area contributed by atoms with Crippen molar-refractivity contribution in [3.63, 3.8) is 0 Å². The summed E-state index contributed by atoms with van der Waals surface area (Å²) in [6, 6.07) is 5.58. The Hall–Kier alpha value is -3.21. The third-order valence-corrected chi connectivity index (χ3v) is 3.88. The highest BCUT2D eigenvalue weighted by Crippen LogP contribution is 2.17. The lowest BCUT2D eigenvalue weighted by molar-refractivity contribution is -0.384. The van der Waals surface area contributed by atoms with Crippen molar-refractivity contribution >= 4 is 23.4 Å². The number of rotatable bonds is 5. The normalized spacial score (nSPS) is 13.9. The molecule has 0 saturated carbocycles. The second-order valence-corrected chi connectivity index (χ2v) is 5.50. The first kappa shape index (κ1) is 19.1. The van der Waals surface area contributed by atoms with Crippen molar-refractivity contribution in [1.82, 2.24) is 15.2 Å². The summed E-state index contributed by atoms with van der Waals surface area (Å²) in [5, 5.41) is 10.6. The topological polar surface area (TPSA) is 148 Å². The smallest absolute Gasteiger partial charge is 0.323 e. The summed E-state index contributed by atoms with van der Waals surface area (Å²) in [7, 11) is 0. The highest BCUT2D eigenvalue weighted by molar-refractivity contribution is 6.34. The van der Waals surface area contributed by atoms with Gasteiger partial charge in [0.05, 0.1) is 18.0 Å². The number of benzene rings is 1. The van der Waals surface area contributed by atoms with Gasteiger partial charge in [-0.1, -0.05) is 0 Å². The number of hydrazine groups is 1. The molecule has 0 aliphatic carbocycles. The van der Waals surface area contributed by atoms with E-state index < -0.39 is 16.7 Å². The summed E-state index contributed by atoms with van der Waals surface area (Å²) >= 11 is 0. The van der Waals surface area contributed by atoms with Crippen molar-refractivity contribution in [3.8, 4) is 5.75 Å². The van der Waals surface area contributed by atoms with E-state index in [1.165, 1.54) is 29.2 Å². The molecule has 140 valence electrons. The van der Waals surface area contributed by atoms with Gasteiger partial charge in [0.25, 0.3) is 5.69 Å². The number of nitro groups is 1. The minimum absolute atomic E-state index is 0.0378. The van der Waals surface area contributed by atoms with Crippen LogP contribution in [0.2, 0.25) is 0 Å². The summed E-state index contributed by atoms with van der Waals surface area (Å²) in [5.74, 6) is 3.61. The van der Waals surface area contributed by atoms with Gasteiger partial charge < -0.3 is 14.5 Å². The average Bonchev–Trinajstić information content (AvgIpc) is 2.67. The predicted octanol–water partition coefficient (Wildman–Crippen LogP) is -0.976. The zero-order chi connectivity index (χ0) is 19.1. The fourth-order valence-electron chi connectivity index (χ4n) is 2.44. The molecule has 0 bridgehead atoms. The average molecular weight is 365 g/mol. The SMILES string of the molecule is NNC(=O)C(=O)N1CCN(C(=O)CCOc2ccc([N+](=O)[O-])cc2)CC1. The highest BCUT2D eigenvalue weighted by atomic mass is 16.6. The predicted molar refractivity (Wildman–Crippen MR) is 88.7 cm³/mol. The van der Waals surface area contributed by atoms with Gasteiger partial charge in [0.1, 0.15) is 5.75 Å². The summed E-state index contributed by atoms with van der Waals surface area (Å²) in [6.45, 7) is 1.27. The molecule has 11 heteroatoms. The van der Waals surface area contributed by atoms with Crippen LogP contribution in [0.4, 0.5) is 5.69 Å². The van der Waals surface area contributed by atoms with Crippen molar-refractivity contribution in [2.24, 2.45) is 5.84 Å². The minimum Gasteiger partial charge on any atom is -0.493 e. The maximum Gasteiger partial charge on any atom is 0.323 e. The number of nitrogens with two attached hydrogens (primary N) is 1. The van der Waals surface area contributed by atoms with Crippen LogP contribution in [-0.2, 0) is 14.4 Å². The Labute approximate surface area is 148 Å². The van der Waals surface area contributed by atoms with E-state index in [2.05, 4.69) is 0 Å². The number of hydrogen-bond donors (Lipinski definition) is 2. The van der Waals surface area contributed by atoms with Crippen LogP contribution in [0.15, 0.2) is 24.3 Å². The van der Waals surface area contributed by atoms with Crippen molar-refractivity contribution in [3.05, 3.63) is 34.4 Å². The number of piperazine rings is 1. The largest absolute Gasteiger partial charge is 0.493 e. The van der Waals surface area contributed by atoms with E-state index in [9.17, 15) is 24.5 Å². The van der Waals surface area contributed by atoms with Crippen LogP contribution in [0.25, 0.3) is 0 Å². The first-order chi connectivity index (χ1) is 12.4. The number of hydrogen-bond acceptors (Lipinski definition) is 7. The molecule has 0 spiro atoms. The van der Waals surface area contributed by atoms with Gasteiger partial charge in [0.2, 0.25) is 5.91 Å². The molecule has 26 heavy (non-hydrogen) atoms. The maximum absolute atomic E-state index is 12.2. The Balaban J connectivity index is 1.73.